The molecular formula is C26H21ClN6O4S. The quantitative estimate of drug-likeness (QED) is 0.305. The molecule has 0 aliphatic carbocycles. The third kappa shape index (κ3) is 6.36. The molecule has 0 radical (unpaired) electrons. The second kappa shape index (κ2) is 11.6. The van der Waals surface area contributed by atoms with Crippen LogP contribution in [0.4, 0.5) is 10.6 Å². The van der Waals surface area contributed by atoms with Gasteiger partial charge in [-0.2, -0.15) is 10.4 Å². The number of anilines is 1. The molecule has 3 N–H and O–H groups in total. The van der Waals surface area contributed by atoms with E-state index >= 15 is 0 Å². The number of aromatic nitrogens is 2. The van der Waals surface area contributed by atoms with Crippen LogP contribution in [-0.2, 0) is 27.8 Å². The number of hydrogen-bond acceptors (Lipinski definition) is 6. The summed E-state index contributed by atoms with van der Waals surface area (Å²) in [5, 5.41) is 19.8. The number of nitrogens with one attached hydrogen (secondary N) is 3. The van der Waals surface area contributed by atoms with Crippen LogP contribution in [0, 0.1) is 11.3 Å². The second-order valence-corrected chi connectivity index (χ2v) is 10.1. The minimum Gasteiger partial charge on any atom is -0.352 e. The molecule has 0 unspecified atom stereocenters. The van der Waals surface area contributed by atoms with Crippen molar-refractivity contribution in [3.05, 3.63) is 107 Å². The first kappa shape index (κ1) is 26.4. The van der Waals surface area contributed by atoms with Crippen LogP contribution in [0.3, 0.4) is 0 Å². The standard InChI is InChI=1S/C26H21ClN6O4S/c27-19-11-13-21(14-12-19)38(36,37)32-26(35)30-25-22(16-28)23(31-33(25)20-9-5-2-6-10-20)15-24(34)29-17-18-7-3-1-4-8-18/h1-14H,15,17H2,(H,29,34)(H2,30,32,35). The normalized spacial score (nSPS) is 10.8. The fraction of sp³-hybridized carbons (Fsp3) is 0.0769. The lowest BCUT2D eigenvalue weighted by Gasteiger charge is -2.11. The molecule has 1 aromatic heterocycles. The number of halogens is 1. The Kier molecular flexibility index (Phi) is 8.06. The highest BCUT2D eigenvalue weighted by molar-refractivity contribution is 7.90. The number of sulfonamides is 1. The van der Waals surface area contributed by atoms with E-state index in [9.17, 15) is 23.3 Å². The van der Waals surface area contributed by atoms with Gasteiger partial charge in [-0.1, -0.05) is 60.1 Å². The molecule has 0 saturated heterocycles. The minimum absolute atomic E-state index is 0.0808. The Morgan fingerprint density at radius 2 is 1.58 bits per heavy atom. The largest absolute Gasteiger partial charge is 0.352 e. The number of carbonyl (C=O) groups is 2. The third-order valence-electron chi connectivity index (χ3n) is 5.31. The smallest absolute Gasteiger partial charge is 0.334 e. The zero-order chi connectivity index (χ0) is 27.1. The molecule has 10 nitrogen and oxygen atoms in total. The molecule has 38 heavy (non-hydrogen) atoms. The number of nitriles is 1. The molecule has 192 valence electrons. The summed E-state index contributed by atoms with van der Waals surface area (Å²) in [6, 6.07) is 24.0. The summed E-state index contributed by atoms with van der Waals surface area (Å²) in [5.74, 6) is -0.474. The number of nitrogens with zero attached hydrogens (tertiary/aromatic N) is 3. The number of urea groups is 1. The first-order valence-corrected chi connectivity index (χ1v) is 13.1. The highest BCUT2D eigenvalue weighted by atomic mass is 35.5. The van der Waals surface area contributed by atoms with Gasteiger partial charge in [0, 0.05) is 11.6 Å². The van der Waals surface area contributed by atoms with E-state index in [1.165, 1.54) is 28.9 Å². The number of hydrogen-bond donors (Lipinski definition) is 3. The van der Waals surface area contributed by atoms with Gasteiger partial charge in [0.2, 0.25) is 5.91 Å². The average molecular weight is 549 g/mol. The summed E-state index contributed by atoms with van der Waals surface area (Å²) < 4.78 is 28.5. The molecule has 4 rings (SSSR count). The van der Waals surface area contributed by atoms with Gasteiger partial charge >= 0.3 is 6.03 Å². The van der Waals surface area contributed by atoms with Gasteiger partial charge in [0.1, 0.15) is 11.6 Å². The predicted octanol–water partition coefficient (Wildman–Crippen LogP) is 3.77. The molecule has 3 amide bonds. The Hall–Kier alpha value is -4.66. The van der Waals surface area contributed by atoms with Gasteiger partial charge in [-0.15, -0.1) is 0 Å². The van der Waals surface area contributed by atoms with Crippen molar-refractivity contribution in [2.45, 2.75) is 17.9 Å². The molecule has 0 aliphatic rings. The van der Waals surface area contributed by atoms with Crippen LogP contribution in [0.25, 0.3) is 5.69 Å². The van der Waals surface area contributed by atoms with Crippen molar-refractivity contribution in [2.75, 3.05) is 5.32 Å². The van der Waals surface area contributed by atoms with Crippen LogP contribution in [0.1, 0.15) is 16.8 Å². The fourth-order valence-corrected chi connectivity index (χ4v) is 4.55. The van der Waals surface area contributed by atoms with Gasteiger partial charge in [-0.3, -0.25) is 10.1 Å². The van der Waals surface area contributed by atoms with Crippen LogP contribution in [0.15, 0.2) is 89.8 Å². The van der Waals surface area contributed by atoms with Crippen LogP contribution in [0.2, 0.25) is 5.02 Å². The van der Waals surface area contributed by atoms with Crippen molar-refractivity contribution in [1.29, 1.82) is 5.26 Å². The van der Waals surface area contributed by atoms with Crippen molar-refractivity contribution in [3.63, 3.8) is 0 Å². The lowest BCUT2D eigenvalue weighted by atomic mass is 10.1. The van der Waals surface area contributed by atoms with Gasteiger partial charge < -0.3 is 5.32 Å². The maximum atomic E-state index is 12.8. The van der Waals surface area contributed by atoms with Gasteiger partial charge in [0.25, 0.3) is 10.0 Å². The lowest BCUT2D eigenvalue weighted by molar-refractivity contribution is -0.120. The van der Waals surface area contributed by atoms with Gasteiger partial charge in [-0.05, 0) is 42.0 Å². The SMILES string of the molecule is N#Cc1c(CC(=O)NCc2ccccc2)nn(-c2ccccc2)c1NC(=O)NS(=O)(=O)c1ccc(Cl)cc1. The topological polar surface area (TPSA) is 146 Å². The van der Waals surface area contributed by atoms with E-state index in [0.29, 0.717) is 10.7 Å². The van der Waals surface area contributed by atoms with Gasteiger partial charge in [0.05, 0.1) is 22.7 Å². The first-order valence-electron chi connectivity index (χ1n) is 11.2. The Balaban J connectivity index is 1.59. The Bertz CT molecular complexity index is 1600. The molecule has 0 spiro atoms. The Labute approximate surface area is 223 Å². The van der Waals surface area contributed by atoms with E-state index in [2.05, 4.69) is 15.7 Å². The maximum Gasteiger partial charge on any atom is 0.334 e. The van der Waals surface area contributed by atoms with E-state index < -0.39 is 16.1 Å². The van der Waals surface area contributed by atoms with Crippen molar-refractivity contribution >= 4 is 39.4 Å². The van der Waals surface area contributed by atoms with Crippen molar-refractivity contribution in [1.82, 2.24) is 19.8 Å². The number of rotatable bonds is 8. The van der Waals surface area contributed by atoms with E-state index in [1.54, 1.807) is 30.3 Å². The maximum absolute atomic E-state index is 12.8. The molecule has 0 aliphatic heterocycles. The molecule has 12 heteroatoms. The van der Waals surface area contributed by atoms with Crippen molar-refractivity contribution in [2.24, 2.45) is 0 Å². The van der Waals surface area contributed by atoms with Crippen LogP contribution in [-0.4, -0.2) is 30.1 Å². The van der Waals surface area contributed by atoms with Gasteiger partial charge in [-0.25, -0.2) is 22.6 Å². The third-order valence-corrected chi connectivity index (χ3v) is 6.91. The summed E-state index contributed by atoms with van der Waals surface area (Å²) in [7, 11) is -4.24. The van der Waals surface area contributed by atoms with E-state index in [0.717, 1.165) is 5.56 Å². The Morgan fingerprint density at radius 3 is 2.21 bits per heavy atom. The fourth-order valence-electron chi connectivity index (χ4n) is 3.51. The number of amides is 3. The number of carbonyl (C=O) groups excluding carboxylic acids is 2. The van der Waals surface area contributed by atoms with Gasteiger partial charge in [0.15, 0.2) is 5.82 Å². The van der Waals surface area contributed by atoms with E-state index in [-0.39, 0.29) is 40.8 Å². The lowest BCUT2D eigenvalue weighted by Crippen LogP contribution is -2.35. The van der Waals surface area contributed by atoms with Crippen LogP contribution >= 0.6 is 11.6 Å². The monoisotopic (exact) mass is 548 g/mol. The summed E-state index contributed by atoms with van der Waals surface area (Å²) in [6.07, 6.45) is -0.241. The van der Waals surface area contributed by atoms with E-state index in [4.69, 9.17) is 11.6 Å². The predicted molar refractivity (Wildman–Crippen MR) is 141 cm³/mol. The second-order valence-electron chi connectivity index (χ2n) is 7.98. The van der Waals surface area contributed by atoms with E-state index in [1.807, 2.05) is 41.1 Å². The van der Waals surface area contributed by atoms with Crippen LogP contribution in [0.5, 0.6) is 0 Å². The first-order chi connectivity index (χ1) is 18.3. The van der Waals surface area contributed by atoms with Crippen molar-refractivity contribution in [3.8, 4) is 11.8 Å². The molecule has 4 aromatic rings. The minimum atomic E-state index is -4.24. The highest BCUT2D eigenvalue weighted by Crippen LogP contribution is 2.24. The zero-order valence-corrected chi connectivity index (χ0v) is 21.3. The zero-order valence-electron chi connectivity index (χ0n) is 19.8. The molecule has 3 aromatic carbocycles. The molecular weight excluding hydrogens is 528 g/mol. The average Bonchev–Trinajstić information content (AvgIpc) is 3.24. The van der Waals surface area contributed by atoms with Crippen molar-refractivity contribution < 1.29 is 18.0 Å². The summed E-state index contributed by atoms with van der Waals surface area (Å²) in [6.45, 7) is 0.289. The summed E-state index contributed by atoms with van der Waals surface area (Å²) in [4.78, 5) is 25.2. The number of para-hydroxylation sites is 1. The summed E-state index contributed by atoms with van der Waals surface area (Å²) in [5.41, 5.74) is 1.41. The van der Waals surface area contributed by atoms with Crippen LogP contribution < -0.4 is 15.4 Å². The molecule has 0 saturated carbocycles. The molecule has 1 heterocycles. The number of benzene rings is 3. The molecule has 0 atom stereocenters. The molecule has 0 fully saturated rings. The molecule has 0 bridgehead atoms. The highest BCUT2D eigenvalue weighted by Gasteiger charge is 2.25. The Morgan fingerprint density at radius 1 is 0.947 bits per heavy atom. The summed E-state index contributed by atoms with van der Waals surface area (Å²) >= 11 is 5.81.